The van der Waals surface area contributed by atoms with E-state index in [-0.39, 0.29) is 11.4 Å². The molecule has 0 aliphatic heterocycles. The number of fused-ring (bicyclic) bond motifs is 1. The number of aliphatic hydroxyl groups is 1. The molecule has 0 saturated carbocycles. The maximum atomic E-state index is 9.43. The third-order valence-corrected chi connectivity index (χ3v) is 3.35. The van der Waals surface area contributed by atoms with E-state index in [2.05, 4.69) is 35.6 Å². The smallest absolute Gasteiger partial charge is 0.0963 e. The van der Waals surface area contributed by atoms with Crippen molar-refractivity contribution in [3.05, 3.63) is 24.5 Å². The van der Waals surface area contributed by atoms with Crippen LogP contribution in [0.1, 0.15) is 20.8 Å². The molecule has 4 nitrogen and oxygen atoms in total. The molecule has 0 aliphatic carbocycles. The molecule has 1 unspecified atom stereocenters. The third kappa shape index (κ3) is 3.19. The number of hydrogen-bond acceptors (Lipinski definition) is 3. The summed E-state index contributed by atoms with van der Waals surface area (Å²) >= 11 is 5.56. The predicted molar refractivity (Wildman–Crippen MR) is 79.9 cm³/mol. The number of rotatable bonds is 4. The van der Waals surface area contributed by atoms with Crippen molar-refractivity contribution in [2.75, 3.05) is 17.7 Å². The van der Waals surface area contributed by atoms with Crippen molar-refractivity contribution in [1.29, 1.82) is 0 Å². The van der Waals surface area contributed by atoms with Crippen molar-refractivity contribution >= 4 is 28.3 Å². The van der Waals surface area contributed by atoms with E-state index in [0.29, 0.717) is 6.54 Å². The number of imidazole rings is 1. The summed E-state index contributed by atoms with van der Waals surface area (Å²) in [5.41, 5.74) is 3.01. The highest BCUT2D eigenvalue weighted by Gasteiger charge is 2.15. The molecule has 0 spiro atoms. The molecule has 5 heteroatoms. The minimum atomic E-state index is -0.538. The molecule has 0 fully saturated rings. The first-order valence-corrected chi connectivity index (χ1v) is 6.91. The van der Waals surface area contributed by atoms with Crippen LogP contribution in [0.25, 0.3) is 11.0 Å². The molecule has 1 heterocycles. The molecule has 0 radical (unpaired) electrons. The van der Waals surface area contributed by atoms with Crippen LogP contribution in [0.2, 0.25) is 0 Å². The topological polar surface area (TPSA) is 50.1 Å². The monoisotopic (exact) mass is 281 g/mol. The first kappa shape index (κ1) is 14.2. The summed E-state index contributed by atoms with van der Waals surface area (Å²) in [6, 6.07) is 6.02. The lowest BCUT2D eigenvalue weighted by Gasteiger charge is -2.21. The van der Waals surface area contributed by atoms with Gasteiger partial charge in [-0.2, -0.15) is 0 Å². The Morgan fingerprint density at radius 1 is 1.42 bits per heavy atom. The van der Waals surface area contributed by atoms with E-state index in [9.17, 15) is 5.11 Å². The summed E-state index contributed by atoms with van der Waals surface area (Å²) in [4.78, 5) is 4.43. The predicted octanol–water partition coefficient (Wildman–Crippen LogP) is 2.80. The van der Waals surface area contributed by atoms with Gasteiger partial charge in [-0.1, -0.05) is 0 Å². The second kappa shape index (κ2) is 5.39. The van der Waals surface area contributed by atoms with Crippen molar-refractivity contribution in [3.8, 4) is 0 Å². The summed E-state index contributed by atoms with van der Waals surface area (Å²) < 4.78 is 2.15. The molecule has 1 aromatic carbocycles. The van der Waals surface area contributed by atoms with Crippen molar-refractivity contribution in [3.63, 3.8) is 0 Å². The largest absolute Gasteiger partial charge is 0.390 e. The molecule has 2 N–H and O–H groups in total. The van der Waals surface area contributed by atoms with Gasteiger partial charge in [0.05, 0.1) is 29.3 Å². The summed E-state index contributed by atoms with van der Waals surface area (Å²) in [5.74, 6) is 0.230. The number of aliphatic hydroxyl groups excluding tert-OH is 1. The maximum absolute atomic E-state index is 9.43. The molecule has 19 heavy (non-hydrogen) atoms. The van der Waals surface area contributed by atoms with Crippen LogP contribution in [0, 0.1) is 0 Å². The number of aromatic nitrogens is 2. The Kier molecular flexibility index (Phi) is 4.02. The average molecular weight is 282 g/mol. The first-order valence-electron chi connectivity index (χ1n) is 6.37. The Labute approximate surface area is 118 Å². The van der Waals surface area contributed by atoms with Gasteiger partial charge in [0.25, 0.3) is 0 Å². The second-order valence-corrected chi connectivity index (χ2v) is 5.99. The van der Waals surface area contributed by atoms with E-state index >= 15 is 0 Å². The number of alkyl halides is 1. The molecule has 0 bridgehead atoms. The lowest BCUT2D eigenvalue weighted by Crippen LogP contribution is -2.21. The van der Waals surface area contributed by atoms with Crippen LogP contribution in [-0.4, -0.2) is 33.2 Å². The van der Waals surface area contributed by atoms with Crippen LogP contribution < -0.4 is 5.32 Å². The Morgan fingerprint density at radius 2 is 2.16 bits per heavy atom. The van der Waals surface area contributed by atoms with Gasteiger partial charge in [-0.25, -0.2) is 4.98 Å². The Balaban J connectivity index is 2.23. The number of nitrogens with one attached hydrogen (secondary N) is 1. The summed E-state index contributed by atoms with van der Waals surface area (Å²) in [7, 11) is 0. The van der Waals surface area contributed by atoms with E-state index in [1.54, 1.807) is 0 Å². The summed E-state index contributed by atoms with van der Waals surface area (Å²) in [6.45, 7) is 6.89. The van der Waals surface area contributed by atoms with Gasteiger partial charge in [0.1, 0.15) is 0 Å². The quantitative estimate of drug-likeness (QED) is 0.848. The van der Waals surface area contributed by atoms with Crippen LogP contribution in [0.3, 0.4) is 0 Å². The zero-order valence-electron chi connectivity index (χ0n) is 11.5. The molecule has 0 amide bonds. The van der Waals surface area contributed by atoms with Gasteiger partial charge in [0, 0.05) is 17.8 Å². The Hall–Kier alpha value is -1.26. The van der Waals surface area contributed by atoms with Crippen LogP contribution >= 0.6 is 11.6 Å². The highest BCUT2D eigenvalue weighted by atomic mass is 35.5. The van der Waals surface area contributed by atoms with E-state index in [1.807, 2.05) is 24.5 Å². The first-order chi connectivity index (χ1) is 8.91. The van der Waals surface area contributed by atoms with E-state index < -0.39 is 6.10 Å². The van der Waals surface area contributed by atoms with Crippen molar-refractivity contribution in [2.45, 2.75) is 32.4 Å². The number of hydrogen-bond donors (Lipinski definition) is 2. The Bertz CT molecular complexity index is 559. The van der Waals surface area contributed by atoms with Gasteiger partial charge < -0.3 is 15.0 Å². The van der Waals surface area contributed by atoms with Crippen molar-refractivity contribution < 1.29 is 5.11 Å². The summed E-state index contributed by atoms with van der Waals surface area (Å²) in [5, 5.41) is 12.6. The fourth-order valence-corrected chi connectivity index (χ4v) is 2.06. The number of benzene rings is 1. The molecule has 1 aromatic heterocycles. The van der Waals surface area contributed by atoms with Gasteiger partial charge in [-0.3, -0.25) is 0 Å². The van der Waals surface area contributed by atoms with Crippen LogP contribution in [0.5, 0.6) is 0 Å². The van der Waals surface area contributed by atoms with E-state index in [4.69, 9.17) is 11.6 Å². The number of halogens is 1. The van der Waals surface area contributed by atoms with Crippen LogP contribution in [-0.2, 0) is 5.54 Å². The summed E-state index contributed by atoms with van der Waals surface area (Å²) in [6.07, 6.45) is 1.33. The van der Waals surface area contributed by atoms with Gasteiger partial charge in [-0.15, -0.1) is 11.6 Å². The van der Waals surface area contributed by atoms with Crippen molar-refractivity contribution in [2.24, 2.45) is 0 Å². The molecule has 2 aromatic rings. The lowest BCUT2D eigenvalue weighted by molar-refractivity contribution is 0.211. The Morgan fingerprint density at radius 3 is 2.79 bits per heavy atom. The molecule has 2 rings (SSSR count). The van der Waals surface area contributed by atoms with Gasteiger partial charge in [0.15, 0.2) is 0 Å². The highest BCUT2D eigenvalue weighted by molar-refractivity contribution is 6.18. The van der Waals surface area contributed by atoms with Crippen molar-refractivity contribution in [1.82, 2.24) is 9.55 Å². The maximum Gasteiger partial charge on any atom is 0.0963 e. The van der Waals surface area contributed by atoms with E-state index in [0.717, 1.165) is 16.7 Å². The van der Waals surface area contributed by atoms with Gasteiger partial charge >= 0.3 is 0 Å². The third-order valence-electron chi connectivity index (χ3n) is 2.99. The molecule has 1 atom stereocenters. The fourth-order valence-electron chi connectivity index (χ4n) is 1.95. The zero-order valence-corrected chi connectivity index (χ0v) is 12.3. The van der Waals surface area contributed by atoms with E-state index in [1.165, 1.54) is 0 Å². The number of anilines is 1. The number of nitrogens with zero attached hydrogens (tertiary/aromatic N) is 2. The van der Waals surface area contributed by atoms with Gasteiger partial charge in [0.2, 0.25) is 0 Å². The SMILES string of the molecule is CC(C)(C)n1cnc2cc(NCC(O)CCl)ccc21. The molecule has 104 valence electrons. The average Bonchev–Trinajstić information content (AvgIpc) is 2.78. The highest BCUT2D eigenvalue weighted by Crippen LogP contribution is 2.24. The molecule has 0 saturated heterocycles. The minimum absolute atomic E-state index is 0.0124. The standard InChI is InChI=1S/C14H20ClN3O/c1-14(2,3)18-9-17-12-6-10(4-5-13(12)18)16-8-11(19)7-15/h4-6,9,11,16,19H,7-8H2,1-3H3. The minimum Gasteiger partial charge on any atom is -0.390 e. The van der Waals surface area contributed by atoms with Crippen LogP contribution in [0.15, 0.2) is 24.5 Å². The lowest BCUT2D eigenvalue weighted by atomic mass is 10.1. The van der Waals surface area contributed by atoms with Gasteiger partial charge in [-0.05, 0) is 39.0 Å². The normalized spacial score (nSPS) is 13.7. The molecular formula is C14H20ClN3O. The second-order valence-electron chi connectivity index (χ2n) is 5.68. The molecule has 0 aliphatic rings. The zero-order chi connectivity index (χ0) is 14.0. The van der Waals surface area contributed by atoms with Crippen LogP contribution in [0.4, 0.5) is 5.69 Å². The molecular weight excluding hydrogens is 262 g/mol. The fraction of sp³-hybridized carbons (Fsp3) is 0.500.